The van der Waals surface area contributed by atoms with Gasteiger partial charge >= 0.3 is 6.61 Å². The molecule has 7 nitrogen and oxygen atoms in total. The summed E-state index contributed by atoms with van der Waals surface area (Å²) in [5, 5.41) is 15.5. The van der Waals surface area contributed by atoms with Gasteiger partial charge in [0.25, 0.3) is 5.91 Å². The van der Waals surface area contributed by atoms with Gasteiger partial charge in [-0.15, -0.1) is 24.0 Å². The molecule has 2 aromatic rings. The minimum Gasteiger partial charge on any atom is -0.508 e. The number of phenols is 1. The van der Waals surface area contributed by atoms with Gasteiger partial charge in [0.15, 0.2) is 5.96 Å². The Morgan fingerprint density at radius 2 is 1.91 bits per heavy atom. The molecule has 0 spiro atoms. The number of carbonyl (C=O) groups excluding carboxylic acids is 1. The van der Waals surface area contributed by atoms with Crippen LogP contribution in [0.1, 0.15) is 29.3 Å². The number of nitrogens with zero attached hydrogens (tertiary/aromatic N) is 2. The molecular formula is C22H29F2IN4O3. The molecule has 0 aliphatic heterocycles. The number of benzene rings is 2. The Labute approximate surface area is 203 Å². The van der Waals surface area contributed by atoms with Crippen LogP contribution in [-0.4, -0.2) is 55.2 Å². The minimum atomic E-state index is -2.84. The fraction of sp³-hybridized carbons (Fsp3) is 0.364. The van der Waals surface area contributed by atoms with Gasteiger partial charge in [0.2, 0.25) is 0 Å². The van der Waals surface area contributed by atoms with E-state index >= 15 is 0 Å². The van der Waals surface area contributed by atoms with Gasteiger partial charge in [-0.3, -0.25) is 9.79 Å². The molecule has 1 amide bonds. The summed E-state index contributed by atoms with van der Waals surface area (Å²) in [7, 11) is 1.88. The molecule has 176 valence electrons. The lowest BCUT2D eigenvalue weighted by molar-refractivity contribution is -0.0498. The predicted molar refractivity (Wildman–Crippen MR) is 131 cm³/mol. The summed E-state index contributed by atoms with van der Waals surface area (Å²) in [5.74, 6) is 0.624. The molecule has 0 unspecified atom stereocenters. The zero-order chi connectivity index (χ0) is 22.6. The Hall–Kier alpha value is -2.63. The van der Waals surface area contributed by atoms with Crippen molar-refractivity contribution in [1.29, 1.82) is 0 Å². The van der Waals surface area contributed by atoms with Crippen molar-refractivity contribution >= 4 is 35.8 Å². The van der Waals surface area contributed by atoms with Crippen molar-refractivity contribution in [2.75, 3.05) is 26.7 Å². The molecule has 0 atom stereocenters. The molecule has 32 heavy (non-hydrogen) atoms. The van der Waals surface area contributed by atoms with Crippen LogP contribution in [0.3, 0.4) is 0 Å². The Kier molecular flexibility index (Phi) is 12.4. The molecule has 0 saturated carbocycles. The minimum absolute atomic E-state index is 0. The van der Waals surface area contributed by atoms with Gasteiger partial charge in [-0.1, -0.05) is 18.2 Å². The van der Waals surface area contributed by atoms with Crippen molar-refractivity contribution < 1.29 is 23.4 Å². The van der Waals surface area contributed by atoms with E-state index in [-0.39, 0.29) is 41.4 Å². The molecule has 0 aromatic heterocycles. The van der Waals surface area contributed by atoms with Crippen LogP contribution in [0.2, 0.25) is 0 Å². The normalized spacial score (nSPS) is 11.0. The van der Waals surface area contributed by atoms with Crippen LogP contribution in [0.5, 0.6) is 11.5 Å². The van der Waals surface area contributed by atoms with Gasteiger partial charge in [0.05, 0.1) is 0 Å². The monoisotopic (exact) mass is 562 g/mol. The van der Waals surface area contributed by atoms with E-state index in [1.165, 1.54) is 24.3 Å². The van der Waals surface area contributed by atoms with Crippen molar-refractivity contribution in [2.45, 2.75) is 26.5 Å². The molecule has 2 rings (SSSR count). The number of aliphatic imine (C=N–C) groups is 1. The van der Waals surface area contributed by atoms with Crippen molar-refractivity contribution in [1.82, 2.24) is 15.5 Å². The fourth-order valence-corrected chi connectivity index (χ4v) is 2.81. The van der Waals surface area contributed by atoms with Gasteiger partial charge in [0.1, 0.15) is 11.5 Å². The summed E-state index contributed by atoms with van der Waals surface area (Å²) >= 11 is 0. The number of aromatic hydroxyl groups is 1. The maximum atomic E-state index is 12.3. The lowest BCUT2D eigenvalue weighted by Gasteiger charge is -2.22. The van der Waals surface area contributed by atoms with Gasteiger partial charge in [-0.05, 0) is 49.2 Å². The summed E-state index contributed by atoms with van der Waals surface area (Å²) in [5.41, 5.74) is 1.33. The summed E-state index contributed by atoms with van der Waals surface area (Å²) in [4.78, 5) is 18.6. The molecule has 0 fully saturated rings. The summed E-state index contributed by atoms with van der Waals surface area (Å²) in [6.45, 7) is 1.31. The highest BCUT2D eigenvalue weighted by molar-refractivity contribution is 14.0. The van der Waals surface area contributed by atoms with E-state index < -0.39 is 6.61 Å². The summed E-state index contributed by atoms with van der Waals surface area (Å²) in [6.07, 6.45) is 0.646. The standard InChI is InChI=1S/C22H28F2N4O3.HI/c1-3-25-22(28(2)15-16-8-10-19(11-9-16)31-21(23)24)27-13-5-12-26-20(30)17-6-4-7-18(29)14-17;/h4,6-11,14,21,29H,3,5,12-13,15H2,1-2H3,(H,25,27)(H,26,30);1H. The number of nitrogens with one attached hydrogen (secondary N) is 2. The number of phenolic OH excluding ortho intramolecular Hbond substituents is 1. The Morgan fingerprint density at radius 1 is 1.19 bits per heavy atom. The maximum Gasteiger partial charge on any atom is 0.387 e. The average molecular weight is 562 g/mol. The topological polar surface area (TPSA) is 86.2 Å². The fourth-order valence-electron chi connectivity index (χ4n) is 2.81. The van der Waals surface area contributed by atoms with E-state index in [4.69, 9.17) is 0 Å². The van der Waals surface area contributed by atoms with Gasteiger partial charge in [-0.25, -0.2) is 0 Å². The molecule has 0 saturated heterocycles. The Morgan fingerprint density at radius 3 is 2.53 bits per heavy atom. The summed E-state index contributed by atoms with van der Waals surface area (Å²) in [6, 6.07) is 12.7. The first-order valence-corrected chi connectivity index (χ1v) is 9.99. The zero-order valence-corrected chi connectivity index (χ0v) is 20.4. The van der Waals surface area contributed by atoms with E-state index in [1.807, 2.05) is 18.9 Å². The van der Waals surface area contributed by atoms with Crippen LogP contribution in [0, 0.1) is 0 Å². The third kappa shape index (κ3) is 9.67. The zero-order valence-electron chi connectivity index (χ0n) is 18.1. The lowest BCUT2D eigenvalue weighted by Crippen LogP contribution is -2.38. The number of halogens is 3. The Bertz CT molecular complexity index is 867. The highest BCUT2D eigenvalue weighted by Gasteiger charge is 2.09. The van der Waals surface area contributed by atoms with Crippen LogP contribution >= 0.6 is 24.0 Å². The number of carbonyl (C=O) groups is 1. The van der Waals surface area contributed by atoms with Gasteiger partial charge in [-0.2, -0.15) is 8.78 Å². The van der Waals surface area contributed by atoms with E-state index in [0.29, 0.717) is 44.1 Å². The van der Waals surface area contributed by atoms with Crippen LogP contribution < -0.4 is 15.4 Å². The highest BCUT2D eigenvalue weighted by Crippen LogP contribution is 2.16. The van der Waals surface area contributed by atoms with Gasteiger partial charge in [0, 0.05) is 38.8 Å². The number of hydrogen-bond donors (Lipinski definition) is 3. The number of amides is 1. The first-order valence-electron chi connectivity index (χ1n) is 9.99. The molecule has 0 radical (unpaired) electrons. The van der Waals surface area contributed by atoms with E-state index in [9.17, 15) is 18.7 Å². The smallest absolute Gasteiger partial charge is 0.387 e. The quantitative estimate of drug-likeness (QED) is 0.178. The predicted octanol–water partition coefficient (Wildman–Crippen LogP) is 3.83. The molecule has 0 bridgehead atoms. The Balaban J connectivity index is 0.00000512. The third-order valence-corrected chi connectivity index (χ3v) is 4.26. The van der Waals surface area contributed by atoms with Crippen molar-refractivity contribution in [3.05, 3.63) is 59.7 Å². The highest BCUT2D eigenvalue weighted by atomic mass is 127. The van der Waals surface area contributed by atoms with Crippen molar-refractivity contribution in [3.8, 4) is 11.5 Å². The molecule has 0 aliphatic rings. The van der Waals surface area contributed by atoms with Crippen molar-refractivity contribution in [3.63, 3.8) is 0 Å². The molecular weight excluding hydrogens is 533 g/mol. The second kappa shape index (κ2) is 14.4. The maximum absolute atomic E-state index is 12.3. The first-order chi connectivity index (χ1) is 14.9. The van der Waals surface area contributed by atoms with E-state index in [1.54, 1.807) is 24.3 Å². The van der Waals surface area contributed by atoms with Crippen LogP contribution in [0.25, 0.3) is 0 Å². The summed E-state index contributed by atoms with van der Waals surface area (Å²) < 4.78 is 28.9. The van der Waals surface area contributed by atoms with Crippen molar-refractivity contribution in [2.24, 2.45) is 4.99 Å². The molecule has 2 aromatic carbocycles. The molecule has 10 heteroatoms. The van der Waals surface area contributed by atoms with Gasteiger partial charge < -0.3 is 25.4 Å². The van der Waals surface area contributed by atoms with Crippen LogP contribution in [-0.2, 0) is 6.54 Å². The number of hydrogen-bond acceptors (Lipinski definition) is 4. The van der Waals surface area contributed by atoms with E-state index in [2.05, 4.69) is 20.4 Å². The third-order valence-electron chi connectivity index (χ3n) is 4.26. The second-order valence-corrected chi connectivity index (χ2v) is 6.77. The number of rotatable bonds is 10. The number of alkyl halides is 2. The molecule has 0 aliphatic carbocycles. The lowest BCUT2D eigenvalue weighted by atomic mass is 10.2. The number of guanidine groups is 1. The number of ether oxygens (including phenoxy) is 1. The van der Waals surface area contributed by atoms with Crippen LogP contribution in [0.15, 0.2) is 53.5 Å². The SMILES string of the molecule is CCNC(=NCCCNC(=O)c1cccc(O)c1)N(C)Cc1ccc(OC(F)F)cc1.I. The molecule has 0 heterocycles. The first kappa shape index (κ1) is 27.4. The van der Waals surface area contributed by atoms with Crippen LogP contribution in [0.4, 0.5) is 8.78 Å². The van der Waals surface area contributed by atoms with E-state index in [0.717, 1.165) is 5.56 Å². The average Bonchev–Trinajstić information content (AvgIpc) is 2.73. The molecule has 3 N–H and O–H groups in total. The second-order valence-electron chi connectivity index (χ2n) is 6.77. The largest absolute Gasteiger partial charge is 0.508 e.